The summed E-state index contributed by atoms with van der Waals surface area (Å²) in [5.41, 5.74) is 2.37. The van der Waals surface area contributed by atoms with Crippen molar-refractivity contribution in [2.24, 2.45) is 0 Å². The highest BCUT2D eigenvalue weighted by Gasteiger charge is 2.18. The summed E-state index contributed by atoms with van der Waals surface area (Å²) in [6, 6.07) is 14.6. The molecule has 0 aliphatic heterocycles. The van der Waals surface area contributed by atoms with Gasteiger partial charge in [0, 0.05) is 14.2 Å². The van der Waals surface area contributed by atoms with E-state index in [9.17, 15) is 0 Å². The maximum absolute atomic E-state index is 6.40. The van der Waals surface area contributed by atoms with E-state index in [1.807, 2.05) is 19.2 Å². The van der Waals surface area contributed by atoms with Crippen molar-refractivity contribution in [2.45, 2.75) is 6.04 Å². The first-order chi connectivity index (χ1) is 9.70. The predicted molar refractivity (Wildman–Crippen MR) is 91.9 cm³/mol. The third kappa shape index (κ3) is 2.51. The van der Waals surface area contributed by atoms with Crippen LogP contribution in [0, 0.1) is 0 Å². The highest BCUT2D eigenvalue weighted by atomic mass is 79.9. The third-order valence-corrected chi connectivity index (χ3v) is 5.19. The van der Waals surface area contributed by atoms with Gasteiger partial charge in [0.25, 0.3) is 0 Å². The van der Waals surface area contributed by atoms with E-state index in [0.29, 0.717) is 0 Å². The lowest BCUT2D eigenvalue weighted by molar-refractivity contribution is 0.699. The summed E-state index contributed by atoms with van der Waals surface area (Å²) < 4.78 is 2.30. The van der Waals surface area contributed by atoms with Gasteiger partial charge in [-0.3, -0.25) is 0 Å². The molecule has 1 heterocycles. The van der Waals surface area contributed by atoms with Crippen molar-refractivity contribution < 1.29 is 0 Å². The van der Waals surface area contributed by atoms with Crippen LogP contribution in [0.5, 0.6) is 0 Å². The van der Waals surface area contributed by atoms with E-state index in [2.05, 4.69) is 57.0 Å². The van der Waals surface area contributed by atoms with Crippen molar-refractivity contribution in [1.29, 1.82) is 0 Å². The largest absolute Gasteiger partial charge is 0.309 e. The van der Waals surface area contributed by atoms with Gasteiger partial charge in [-0.25, -0.2) is 0 Å². The Morgan fingerprint density at radius 2 is 1.95 bits per heavy atom. The number of benzene rings is 2. The van der Waals surface area contributed by atoms with Crippen LogP contribution in [0.2, 0.25) is 5.02 Å². The number of nitrogens with one attached hydrogen (secondary N) is 1. The van der Waals surface area contributed by atoms with E-state index >= 15 is 0 Å². The second kappa shape index (κ2) is 5.86. The van der Waals surface area contributed by atoms with Gasteiger partial charge >= 0.3 is 0 Å². The zero-order valence-electron chi connectivity index (χ0n) is 10.9. The summed E-state index contributed by atoms with van der Waals surface area (Å²) in [4.78, 5) is 0. The average molecular weight is 367 g/mol. The van der Waals surface area contributed by atoms with E-state index in [4.69, 9.17) is 11.6 Å². The Labute approximate surface area is 135 Å². The van der Waals surface area contributed by atoms with E-state index in [1.165, 1.54) is 15.6 Å². The van der Waals surface area contributed by atoms with Gasteiger partial charge in [-0.2, -0.15) is 0 Å². The number of hydrogen-bond acceptors (Lipinski definition) is 2. The molecule has 1 atom stereocenters. The fourth-order valence-corrected chi connectivity index (χ4v) is 4.21. The predicted octanol–water partition coefficient (Wildman–Crippen LogP) is 5.63. The molecule has 0 amide bonds. The third-order valence-electron chi connectivity index (χ3n) is 3.38. The summed E-state index contributed by atoms with van der Waals surface area (Å²) in [7, 11) is 1.97. The zero-order valence-corrected chi connectivity index (χ0v) is 14.0. The smallest absolute Gasteiger partial charge is 0.0603 e. The van der Waals surface area contributed by atoms with Gasteiger partial charge in [-0.15, -0.1) is 11.3 Å². The molecule has 0 fully saturated rings. The normalized spacial score (nSPS) is 12.8. The standard InChI is InChI=1S/C16H13BrClNS/c1-19-16(12-7-6-10(17)8-14(12)18)13-9-20-15-5-3-2-4-11(13)15/h2-9,16,19H,1H3. The molecule has 4 heteroatoms. The number of halogens is 2. The van der Waals surface area contributed by atoms with Gasteiger partial charge in [0.1, 0.15) is 0 Å². The molecule has 0 spiro atoms. The SMILES string of the molecule is CNC(c1ccc(Br)cc1Cl)c1csc2ccccc12. The molecule has 0 saturated heterocycles. The van der Waals surface area contributed by atoms with Gasteiger partial charge in [0.05, 0.1) is 6.04 Å². The highest BCUT2D eigenvalue weighted by molar-refractivity contribution is 9.10. The molecule has 0 aliphatic carbocycles. The Morgan fingerprint density at radius 1 is 1.15 bits per heavy atom. The second-order valence-corrected chi connectivity index (χ2v) is 6.81. The average Bonchev–Trinajstić information content (AvgIpc) is 2.86. The van der Waals surface area contributed by atoms with E-state index < -0.39 is 0 Å². The van der Waals surface area contributed by atoms with Crippen LogP contribution in [-0.2, 0) is 0 Å². The van der Waals surface area contributed by atoms with E-state index in [0.717, 1.165) is 15.1 Å². The lowest BCUT2D eigenvalue weighted by Crippen LogP contribution is -2.17. The van der Waals surface area contributed by atoms with E-state index in [1.54, 1.807) is 11.3 Å². The molecule has 2 aromatic carbocycles. The van der Waals surface area contributed by atoms with Crippen molar-refractivity contribution in [1.82, 2.24) is 5.32 Å². The minimum absolute atomic E-state index is 0.103. The molecule has 1 nitrogen and oxygen atoms in total. The van der Waals surface area contributed by atoms with Crippen LogP contribution in [0.4, 0.5) is 0 Å². The molecule has 0 saturated carbocycles. The van der Waals surface area contributed by atoms with Crippen LogP contribution in [0.3, 0.4) is 0 Å². The number of fused-ring (bicyclic) bond motifs is 1. The minimum atomic E-state index is 0.103. The lowest BCUT2D eigenvalue weighted by Gasteiger charge is -2.18. The second-order valence-electron chi connectivity index (χ2n) is 4.57. The monoisotopic (exact) mass is 365 g/mol. The van der Waals surface area contributed by atoms with Crippen LogP contribution in [-0.4, -0.2) is 7.05 Å². The Hall–Kier alpha value is -0.870. The van der Waals surface area contributed by atoms with Gasteiger partial charge in [0.15, 0.2) is 0 Å². The van der Waals surface area contributed by atoms with Gasteiger partial charge in [-0.1, -0.05) is 51.8 Å². The summed E-state index contributed by atoms with van der Waals surface area (Å²) >= 11 is 11.6. The Balaban J connectivity index is 2.14. The molecule has 3 aromatic rings. The Kier molecular flexibility index (Phi) is 4.13. The number of rotatable bonds is 3. The first-order valence-electron chi connectivity index (χ1n) is 6.29. The first-order valence-corrected chi connectivity index (χ1v) is 8.34. The Bertz CT molecular complexity index is 753. The molecule has 20 heavy (non-hydrogen) atoms. The summed E-state index contributed by atoms with van der Waals surface area (Å²) in [5, 5.41) is 7.65. The van der Waals surface area contributed by atoms with Crippen molar-refractivity contribution in [3.63, 3.8) is 0 Å². The van der Waals surface area contributed by atoms with Crippen molar-refractivity contribution in [2.75, 3.05) is 7.05 Å². The molecule has 1 N–H and O–H groups in total. The molecular formula is C16H13BrClNS. The minimum Gasteiger partial charge on any atom is -0.309 e. The maximum Gasteiger partial charge on any atom is 0.0603 e. The van der Waals surface area contributed by atoms with Crippen LogP contribution in [0.15, 0.2) is 52.3 Å². The zero-order chi connectivity index (χ0) is 14.1. The van der Waals surface area contributed by atoms with Crippen LogP contribution >= 0.6 is 38.9 Å². The molecule has 1 unspecified atom stereocenters. The number of hydrogen-bond donors (Lipinski definition) is 1. The van der Waals surface area contributed by atoms with Crippen molar-refractivity contribution in [3.8, 4) is 0 Å². The van der Waals surface area contributed by atoms with Crippen molar-refractivity contribution >= 4 is 49.0 Å². The van der Waals surface area contributed by atoms with Crippen molar-refractivity contribution in [3.05, 3.63) is 68.5 Å². The van der Waals surface area contributed by atoms with Crippen LogP contribution < -0.4 is 5.32 Å². The fraction of sp³-hybridized carbons (Fsp3) is 0.125. The molecule has 0 aliphatic rings. The first kappa shape index (κ1) is 14.1. The molecule has 0 bridgehead atoms. The van der Waals surface area contributed by atoms with E-state index in [-0.39, 0.29) is 6.04 Å². The van der Waals surface area contributed by atoms with Crippen LogP contribution in [0.25, 0.3) is 10.1 Å². The topological polar surface area (TPSA) is 12.0 Å². The Morgan fingerprint density at radius 3 is 2.70 bits per heavy atom. The molecule has 102 valence electrons. The molecular weight excluding hydrogens is 354 g/mol. The van der Waals surface area contributed by atoms with Crippen LogP contribution in [0.1, 0.15) is 17.2 Å². The molecule has 0 radical (unpaired) electrons. The van der Waals surface area contributed by atoms with Gasteiger partial charge < -0.3 is 5.32 Å². The fourth-order valence-electron chi connectivity index (χ4n) is 2.44. The number of thiophene rings is 1. The van der Waals surface area contributed by atoms with Gasteiger partial charge in [0.2, 0.25) is 0 Å². The van der Waals surface area contributed by atoms with Gasteiger partial charge in [-0.05, 0) is 47.1 Å². The molecule has 1 aromatic heterocycles. The lowest BCUT2D eigenvalue weighted by atomic mass is 9.98. The summed E-state index contributed by atoms with van der Waals surface area (Å²) in [6.45, 7) is 0. The maximum atomic E-state index is 6.40. The summed E-state index contributed by atoms with van der Waals surface area (Å²) in [5.74, 6) is 0. The quantitative estimate of drug-likeness (QED) is 0.634. The summed E-state index contributed by atoms with van der Waals surface area (Å²) in [6.07, 6.45) is 0. The highest BCUT2D eigenvalue weighted by Crippen LogP contribution is 2.36. The molecule has 3 rings (SSSR count).